The minimum atomic E-state index is -0.0715. The van der Waals surface area contributed by atoms with Crippen molar-refractivity contribution < 1.29 is 9.53 Å². The SMILES string of the molecule is CCOc1ccc2nc(N3CCCC(C(=O)N(Cc4cnn(C)c4)C(C)C)C3)nc(C)c2c1. The smallest absolute Gasteiger partial charge is 0.228 e. The van der Waals surface area contributed by atoms with Crippen LogP contribution in [0.25, 0.3) is 10.9 Å². The van der Waals surface area contributed by atoms with Crippen LogP contribution >= 0.6 is 0 Å². The predicted octanol–water partition coefficient (Wildman–Crippen LogP) is 3.72. The van der Waals surface area contributed by atoms with Crippen molar-refractivity contribution in [2.75, 3.05) is 24.6 Å². The molecule has 0 N–H and O–H groups in total. The largest absolute Gasteiger partial charge is 0.494 e. The van der Waals surface area contributed by atoms with Gasteiger partial charge in [0.25, 0.3) is 0 Å². The molecule has 4 rings (SSSR count). The fourth-order valence-electron chi connectivity index (χ4n) is 4.50. The number of amides is 1. The highest BCUT2D eigenvalue weighted by Gasteiger charge is 2.32. The number of fused-ring (bicyclic) bond motifs is 1. The van der Waals surface area contributed by atoms with Gasteiger partial charge in [-0.3, -0.25) is 9.48 Å². The Kier molecular flexibility index (Phi) is 6.81. The number of anilines is 1. The number of hydrogen-bond donors (Lipinski definition) is 0. The molecule has 1 unspecified atom stereocenters. The number of ether oxygens (including phenoxy) is 1. The van der Waals surface area contributed by atoms with E-state index in [0.29, 0.717) is 25.6 Å². The van der Waals surface area contributed by atoms with Crippen molar-refractivity contribution in [2.45, 2.75) is 53.1 Å². The molecule has 0 radical (unpaired) electrons. The molecule has 1 saturated heterocycles. The third-order valence-electron chi connectivity index (χ3n) is 6.23. The van der Waals surface area contributed by atoms with E-state index in [1.807, 2.05) is 56.4 Å². The summed E-state index contributed by atoms with van der Waals surface area (Å²) >= 11 is 0. The summed E-state index contributed by atoms with van der Waals surface area (Å²) in [5.41, 5.74) is 2.87. The molecule has 0 bridgehead atoms. The Hall–Kier alpha value is -3.16. The van der Waals surface area contributed by atoms with Gasteiger partial charge in [-0.2, -0.15) is 5.10 Å². The summed E-state index contributed by atoms with van der Waals surface area (Å²) in [6, 6.07) is 6.05. The molecule has 1 aromatic carbocycles. The summed E-state index contributed by atoms with van der Waals surface area (Å²) in [7, 11) is 1.90. The summed E-state index contributed by atoms with van der Waals surface area (Å²) < 4.78 is 7.40. The summed E-state index contributed by atoms with van der Waals surface area (Å²) in [5, 5.41) is 5.24. The van der Waals surface area contributed by atoms with Crippen molar-refractivity contribution in [3.63, 3.8) is 0 Å². The lowest BCUT2D eigenvalue weighted by atomic mass is 9.96. The van der Waals surface area contributed by atoms with E-state index in [4.69, 9.17) is 14.7 Å². The number of carbonyl (C=O) groups excluding carboxylic acids is 1. The molecule has 1 amide bonds. The van der Waals surface area contributed by atoms with E-state index in [9.17, 15) is 4.79 Å². The summed E-state index contributed by atoms with van der Waals surface area (Å²) in [4.78, 5) is 27.3. The maximum absolute atomic E-state index is 13.5. The van der Waals surface area contributed by atoms with Crippen LogP contribution in [0.5, 0.6) is 5.75 Å². The van der Waals surface area contributed by atoms with Gasteiger partial charge in [-0.25, -0.2) is 9.97 Å². The van der Waals surface area contributed by atoms with Crippen molar-refractivity contribution in [1.82, 2.24) is 24.6 Å². The summed E-state index contributed by atoms with van der Waals surface area (Å²) in [5.74, 6) is 1.65. The highest BCUT2D eigenvalue weighted by atomic mass is 16.5. The fraction of sp³-hybridized carbons (Fsp3) is 0.520. The second kappa shape index (κ2) is 9.77. The Morgan fingerprint density at radius 1 is 1.30 bits per heavy atom. The quantitative estimate of drug-likeness (QED) is 0.546. The first kappa shape index (κ1) is 23.0. The van der Waals surface area contributed by atoms with Gasteiger partial charge in [-0.15, -0.1) is 0 Å². The average molecular weight is 451 g/mol. The first-order valence-electron chi connectivity index (χ1n) is 11.8. The molecule has 1 atom stereocenters. The second-order valence-electron chi connectivity index (χ2n) is 9.09. The number of nitrogens with zero attached hydrogens (tertiary/aromatic N) is 6. The van der Waals surface area contributed by atoms with Crippen LogP contribution in [-0.4, -0.2) is 56.3 Å². The zero-order chi connectivity index (χ0) is 23.5. The van der Waals surface area contributed by atoms with Crippen molar-refractivity contribution in [3.05, 3.63) is 41.9 Å². The average Bonchev–Trinajstić information content (AvgIpc) is 3.22. The molecule has 3 heterocycles. The van der Waals surface area contributed by atoms with Crippen LogP contribution < -0.4 is 9.64 Å². The lowest BCUT2D eigenvalue weighted by Crippen LogP contribution is -2.47. The van der Waals surface area contributed by atoms with Crippen LogP contribution in [0.1, 0.15) is 44.9 Å². The topological polar surface area (TPSA) is 76.4 Å². The van der Waals surface area contributed by atoms with E-state index in [1.54, 1.807) is 4.68 Å². The first-order chi connectivity index (χ1) is 15.9. The van der Waals surface area contributed by atoms with E-state index in [1.165, 1.54) is 0 Å². The molecule has 33 heavy (non-hydrogen) atoms. The van der Waals surface area contributed by atoms with E-state index < -0.39 is 0 Å². The number of aromatic nitrogens is 4. The van der Waals surface area contributed by atoms with Crippen molar-refractivity contribution >= 4 is 22.8 Å². The Bertz CT molecular complexity index is 1130. The molecule has 8 heteroatoms. The highest BCUT2D eigenvalue weighted by Crippen LogP contribution is 2.27. The lowest BCUT2D eigenvalue weighted by molar-refractivity contribution is -0.138. The fourth-order valence-corrected chi connectivity index (χ4v) is 4.50. The lowest BCUT2D eigenvalue weighted by Gasteiger charge is -2.36. The molecular formula is C25H34N6O2. The van der Waals surface area contributed by atoms with Gasteiger partial charge in [0.05, 0.1) is 29.9 Å². The molecule has 0 aliphatic carbocycles. The first-order valence-corrected chi connectivity index (χ1v) is 11.8. The minimum absolute atomic E-state index is 0.0715. The van der Waals surface area contributed by atoms with Gasteiger partial charge < -0.3 is 14.5 Å². The summed E-state index contributed by atoms with van der Waals surface area (Å²) in [6.45, 7) is 10.8. The Morgan fingerprint density at radius 2 is 2.12 bits per heavy atom. The Morgan fingerprint density at radius 3 is 2.82 bits per heavy atom. The van der Waals surface area contributed by atoms with Gasteiger partial charge in [0.1, 0.15) is 5.75 Å². The Labute approximate surface area is 195 Å². The van der Waals surface area contributed by atoms with E-state index in [2.05, 4.69) is 23.8 Å². The number of carbonyl (C=O) groups is 1. The maximum atomic E-state index is 13.5. The van der Waals surface area contributed by atoms with Gasteiger partial charge in [-0.1, -0.05) is 0 Å². The number of rotatable bonds is 7. The maximum Gasteiger partial charge on any atom is 0.228 e. The number of benzene rings is 1. The van der Waals surface area contributed by atoms with Gasteiger partial charge in [0.15, 0.2) is 0 Å². The van der Waals surface area contributed by atoms with Crippen molar-refractivity contribution in [1.29, 1.82) is 0 Å². The van der Waals surface area contributed by atoms with Gasteiger partial charge in [0, 0.05) is 49.9 Å². The molecule has 2 aromatic heterocycles. The molecule has 3 aromatic rings. The van der Waals surface area contributed by atoms with Gasteiger partial charge in [-0.05, 0) is 58.7 Å². The molecule has 176 valence electrons. The zero-order valence-electron chi connectivity index (χ0n) is 20.3. The van der Waals surface area contributed by atoms with Gasteiger partial charge >= 0.3 is 0 Å². The predicted molar refractivity (Wildman–Crippen MR) is 129 cm³/mol. The molecule has 0 saturated carbocycles. The van der Waals surface area contributed by atoms with Crippen molar-refractivity contribution in [2.24, 2.45) is 13.0 Å². The molecule has 8 nitrogen and oxygen atoms in total. The molecule has 0 spiro atoms. The summed E-state index contributed by atoms with van der Waals surface area (Å²) in [6.07, 6.45) is 5.63. The standard InChI is InChI=1S/C25H34N6O2/c1-6-33-21-9-10-23-22(12-21)18(4)27-25(28-23)30-11-7-8-20(16-30)24(32)31(17(2)3)15-19-13-26-29(5)14-19/h9-10,12-14,17,20H,6-8,11,15-16H2,1-5H3. The van der Waals surface area contributed by atoms with E-state index in [-0.39, 0.29) is 17.9 Å². The monoisotopic (exact) mass is 450 g/mol. The van der Waals surface area contributed by atoms with Crippen LogP contribution in [0.2, 0.25) is 0 Å². The van der Waals surface area contributed by atoms with Crippen LogP contribution in [0.4, 0.5) is 5.95 Å². The van der Waals surface area contributed by atoms with Gasteiger partial charge in [0.2, 0.25) is 11.9 Å². The van der Waals surface area contributed by atoms with Crippen LogP contribution in [0.3, 0.4) is 0 Å². The molecule has 1 aliphatic rings. The second-order valence-corrected chi connectivity index (χ2v) is 9.09. The number of aryl methyl sites for hydroxylation is 2. The van der Waals surface area contributed by atoms with E-state index >= 15 is 0 Å². The normalized spacial score (nSPS) is 16.4. The van der Waals surface area contributed by atoms with Crippen LogP contribution in [0.15, 0.2) is 30.6 Å². The number of piperidine rings is 1. The minimum Gasteiger partial charge on any atom is -0.494 e. The third-order valence-corrected chi connectivity index (χ3v) is 6.23. The third kappa shape index (κ3) is 5.10. The van der Waals surface area contributed by atoms with Crippen molar-refractivity contribution in [3.8, 4) is 5.75 Å². The molecule has 1 fully saturated rings. The van der Waals surface area contributed by atoms with E-state index in [0.717, 1.165) is 47.3 Å². The van der Waals surface area contributed by atoms with Crippen LogP contribution in [-0.2, 0) is 18.4 Å². The van der Waals surface area contributed by atoms with Crippen LogP contribution in [0, 0.1) is 12.8 Å². The Balaban J connectivity index is 1.53. The number of hydrogen-bond acceptors (Lipinski definition) is 6. The molecular weight excluding hydrogens is 416 g/mol. The zero-order valence-corrected chi connectivity index (χ0v) is 20.3. The highest BCUT2D eigenvalue weighted by molar-refractivity contribution is 5.83. The molecule has 1 aliphatic heterocycles.